The third-order valence-corrected chi connectivity index (χ3v) is 4.22. The third kappa shape index (κ3) is 3.79. The minimum Gasteiger partial charge on any atom is -0.486 e. The van der Waals surface area contributed by atoms with Gasteiger partial charge in [0.2, 0.25) is 5.13 Å². The second-order valence-corrected chi connectivity index (χ2v) is 6.28. The number of nitrogens with one attached hydrogen (secondary N) is 1. The second-order valence-electron chi connectivity index (χ2n) is 4.07. The van der Waals surface area contributed by atoms with Crippen molar-refractivity contribution < 1.29 is 9.53 Å². The summed E-state index contributed by atoms with van der Waals surface area (Å²) in [6, 6.07) is 7.05. The first kappa shape index (κ1) is 14.9. The van der Waals surface area contributed by atoms with Crippen LogP contribution in [-0.2, 0) is 6.61 Å². The number of hydrogen-bond donors (Lipinski definition) is 1. The van der Waals surface area contributed by atoms with Gasteiger partial charge < -0.3 is 4.74 Å². The van der Waals surface area contributed by atoms with Crippen LogP contribution >= 0.6 is 34.3 Å². The molecule has 2 heterocycles. The molecule has 112 valence electrons. The van der Waals surface area contributed by atoms with Crippen LogP contribution < -0.4 is 10.1 Å². The van der Waals surface area contributed by atoms with E-state index < -0.39 is 0 Å². The van der Waals surface area contributed by atoms with Crippen LogP contribution in [0.2, 0.25) is 5.02 Å². The SMILES string of the molecule is O=C(Nc1nncs1)c1csc(COc2ccc(Cl)cc2)n1. The molecule has 1 aromatic carbocycles. The number of ether oxygens (including phenoxy) is 1. The van der Waals surface area contributed by atoms with Gasteiger partial charge in [-0.2, -0.15) is 0 Å². The third-order valence-electron chi connectivity index (χ3n) is 2.54. The van der Waals surface area contributed by atoms with Crippen LogP contribution in [0.25, 0.3) is 0 Å². The molecule has 0 aliphatic heterocycles. The molecule has 0 aliphatic rings. The van der Waals surface area contributed by atoms with Crippen LogP contribution in [0.3, 0.4) is 0 Å². The van der Waals surface area contributed by atoms with Gasteiger partial charge in [-0.15, -0.1) is 21.5 Å². The monoisotopic (exact) mass is 352 g/mol. The van der Waals surface area contributed by atoms with Crippen molar-refractivity contribution in [3.05, 3.63) is 50.9 Å². The summed E-state index contributed by atoms with van der Waals surface area (Å²) < 4.78 is 5.58. The largest absolute Gasteiger partial charge is 0.486 e. The summed E-state index contributed by atoms with van der Waals surface area (Å²) in [6.45, 7) is 0.290. The molecular formula is C13H9ClN4O2S2. The van der Waals surface area contributed by atoms with E-state index in [4.69, 9.17) is 16.3 Å². The van der Waals surface area contributed by atoms with Crippen molar-refractivity contribution in [3.63, 3.8) is 0 Å². The summed E-state index contributed by atoms with van der Waals surface area (Å²) in [4.78, 5) is 16.2. The Morgan fingerprint density at radius 3 is 2.82 bits per heavy atom. The number of hydrogen-bond acceptors (Lipinski definition) is 7. The van der Waals surface area contributed by atoms with Crippen LogP contribution in [0.1, 0.15) is 15.5 Å². The Morgan fingerprint density at radius 1 is 1.27 bits per heavy atom. The van der Waals surface area contributed by atoms with Crippen LogP contribution in [0.5, 0.6) is 5.75 Å². The molecule has 2 aromatic heterocycles. The Balaban J connectivity index is 1.58. The smallest absolute Gasteiger partial charge is 0.276 e. The zero-order valence-electron chi connectivity index (χ0n) is 11.0. The molecule has 0 saturated heterocycles. The van der Waals surface area contributed by atoms with Gasteiger partial charge >= 0.3 is 0 Å². The maximum Gasteiger partial charge on any atom is 0.276 e. The van der Waals surface area contributed by atoms with Crippen molar-refractivity contribution >= 4 is 45.3 Å². The molecule has 0 aliphatic carbocycles. The Kier molecular flexibility index (Phi) is 4.62. The quantitative estimate of drug-likeness (QED) is 0.760. The first-order valence-corrected chi connectivity index (χ1v) is 8.25. The van der Waals surface area contributed by atoms with Gasteiger partial charge in [0.05, 0.1) is 0 Å². The van der Waals surface area contributed by atoms with Gasteiger partial charge in [-0.05, 0) is 24.3 Å². The Bertz CT molecular complexity index is 759. The van der Waals surface area contributed by atoms with Crippen molar-refractivity contribution in [2.75, 3.05) is 5.32 Å². The van der Waals surface area contributed by atoms with Gasteiger partial charge in [0.1, 0.15) is 28.6 Å². The summed E-state index contributed by atoms with van der Waals surface area (Å²) in [5.41, 5.74) is 1.87. The highest BCUT2D eigenvalue weighted by Crippen LogP contribution is 2.19. The average Bonchev–Trinajstić information content (AvgIpc) is 3.18. The second kappa shape index (κ2) is 6.82. The predicted molar refractivity (Wildman–Crippen MR) is 85.8 cm³/mol. The molecule has 0 bridgehead atoms. The Labute approximate surface area is 138 Å². The number of benzene rings is 1. The minimum atomic E-state index is -0.314. The van der Waals surface area contributed by atoms with Crippen molar-refractivity contribution in [3.8, 4) is 5.75 Å². The molecule has 0 unspecified atom stereocenters. The van der Waals surface area contributed by atoms with E-state index >= 15 is 0 Å². The molecule has 0 atom stereocenters. The normalized spacial score (nSPS) is 10.4. The molecule has 0 radical (unpaired) electrons. The molecule has 22 heavy (non-hydrogen) atoms. The number of rotatable bonds is 5. The molecular weight excluding hydrogens is 344 g/mol. The van der Waals surface area contributed by atoms with Gasteiger partial charge in [0.15, 0.2) is 0 Å². The number of thiazole rings is 1. The first-order valence-electron chi connectivity index (χ1n) is 6.11. The van der Waals surface area contributed by atoms with Crippen LogP contribution in [0.4, 0.5) is 5.13 Å². The summed E-state index contributed by atoms with van der Waals surface area (Å²) in [6.07, 6.45) is 0. The number of carbonyl (C=O) groups is 1. The lowest BCUT2D eigenvalue weighted by molar-refractivity contribution is 0.102. The number of aromatic nitrogens is 3. The maximum atomic E-state index is 12.0. The van der Waals surface area contributed by atoms with E-state index in [1.54, 1.807) is 35.2 Å². The van der Waals surface area contributed by atoms with E-state index in [9.17, 15) is 4.79 Å². The highest BCUT2D eigenvalue weighted by Gasteiger charge is 2.12. The number of halogens is 1. The number of carbonyl (C=O) groups excluding carboxylic acids is 1. The van der Waals surface area contributed by atoms with Crippen molar-refractivity contribution in [2.24, 2.45) is 0 Å². The molecule has 6 nitrogen and oxygen atoms in total. The average molecular weight is 353 g/mol. The maximum absolute atomic E-state index is 12.0. The lowest BCUT2D eigenvalue weighted by Crippen LogP contribution is -2.12. The number of anilines is 1. The minimum absolute atomic E-state index is 0.290. The fourth-order valence-electron chi connectivity index (χ4n) is 1.55. The summed E-state index contributed by atoms with van der Waals surface area (Å²) >= 11 is 8.41. The van der Waals surface area contributed by atoms with Crippen molar-refractivity contribution in [1.82, 2.24) is 15.2 Å². The Hall–Kier alpha value is -2.03. The molecule has 3 aromatic rings. The van der Waals surface area contributed by atoms with E-state index in [2.05, 4.69) is 20.5 Å². The van der Waals surface area contributed by atoms with E-state index in [1.165, 1.54) is 22.7 Å². The first-order chi connectivity index (χ1) is 10.7. The van der Waals surface area contributed by atoms with E-state index in [-0.39, 0.29) is 5.91 Å². The molecule has 3 rings (SSSR count). The summed E-state index contributed by atoms with van der Waals surface area (Å²) in [7, 11) is 0. The van der Waals surface area contributed by atoms with Gasteiger partial charge in [0, 0.05) is 10.4 Å². The molecule has 0 fully saturated rings. The lowest BCUT2D eigenvalue weighted by atomic mass is 10.3. The number of amides is 1. The van der Waals surface area contributed by atoms with E-state index in [0.717, 1.165) is 0 Å². The van der Waals surface area contributed by atoms with Gasteiger partial charge in [-0.1, -0.05) is 22.9 Å². The van der Waals surface area contributed by atoms with Crippen LogP contribution in [0, 0.1) is 0 Å². The lowest BCUT2D eigenvalue weighted by Gasteiger charge is -2.03. The highest BCUT2D eigenvalue weighted by atomic mass is 35.5. The van der Waals surface area contributed by atoms with E-state index in [0.29, 0.717) is 33.2 Å². The van der Waals surface area contributed by atoms with Crippen LogP contribution in [0.15, 0.2) is 35.2 Å². The van der Waals surface area contributed by atoms with Gasteiger partial charge in [-0.25, -0.2) is 4.98 Å². The fourth-order valence-corrected chi connectivity index (χ4v) is 2.80. The van der Waals surface area contributed by atoms with E-state index in [1.807, 2.05) is 0 Å². The fraction of sp³-hybridized carbons (Fsp3) is 0.0769. The molecule has 0 saturated carbocycles. The molecule has 9 heteroatoms. The van der Waals surface area contributed by atoms with Crippen molar-refractivity contribution in [1.29, 1.82) is 0 Å². The zero-order valence-corrected chi connectivity index (χ0v) is 13.4. The van der Waals surface area contributed by atoms with Gasteiger partial charge in [0.25, 0.3) is 5.91 Å². The number of nitrogens with zero attached hydrogens (tertiary/aromatic N) is 3. The highest BCUT2D eigenvalue weighted by molar-refractivity contribution is 7.13. The zero-order chi connectivity index (χ0) is 15.4. The summed E-state index contributed by atoms with van der Waals surface area (Å²) in [5.74, 6) is 0.380. The predicted octanol–water partition coefficient (Wildman–Crippen LogP) is 3.48. The van der Waals surface area contributed by atoms with Gasteiger partial charge in [-0.3, -0.25) is 10.1 Å². The summed E-state index contributed by atoms with van der Waals surface area (Å²) in [5, 5.41) is 13.5. The van der Waals surface area contributed by atoms with Crippen molar-refractivity contribution in [2.45, 2.75) is 6.61 Å². The molecule has 1 amide bonds. The molecule has 1 N–H and O–H groups in total. The standard InChI is InChI=1S/C13H9ClN4O2S2/c14-8-1-3-9(4-2-8)20-5-11-16-10(6-21-11)12(19)17-13-18-15-7-22-13/h1-4,6-7H,5H2,(H,17,18,19). The molecule has 0 spiro atoms. The Morgan fingerprint density at radius 2 is 2.09 bits per heavy atom. The topological polar surface area (TPSA) is 77.0 Å². The van der Waals surface area contributed by atoms with Crippen LogP contribution in [-0.4, -0.2) is 21.1 Å².